The monoisotopic (exact) mass is 391 g/mol. The van der Waals surface area contributed by atoms with Crippen molar-refractivity contribution in [3.05, 3.63) is 58.6 Å². The molecule has 2 aromatic carbocycles. The van der Waals surface area contributed by atoms with Crippen LogP contribution in [0.3, 0.4) is 0 Å². The Labute approximate surface area is 158 Å². The van der Waals surface area contributed by atoms with Crippen LogP contribution in [-0.4, -0.2) is 50.4 Å². The minimum absolute atomic E-state index is 0.245. The summed E-state index contributed by atoms with van der Waals surface area (Å²) in [5.74, 6) is 0.759. The molecule has 0 spiro atoms. The minimum atomic E-state index is -3.93. The van der Waals surface area contributed by atoms with E-state index in [1.165, 1.54) is 28.6 Å². The molecule has 144 valence electrons. The third-order valence-electron chi connectivity index (χ3n) is 4.42. The molecule has 1 aliphatic heterocycles. The van der Waals surface area contributed by atoms with Crippen LogP contribution in [0.5, 0.6) is 5.75 Å². The molecule has 0 atom stereocenters. The van der Waals surface area contributed by atoms with Crippen molar-refractivity contribution in [2.24, 2.45) is 0 Å². The normalized spacial score (nSPS) is 15.5. The number of sulfonamides is 1. The van der Waals surface area contributed by atoms with E-state index in [9.17, 15) is 18.5 Å². The molecule has 9 heteroatoms. The first kappa shape index (κ1) is 19.1. The largest absolute Gasteiger partial charge is 0.492 e. The second-order valence-electron chi connectivity index (χ2n) is 6.02. The standard InChI is InChI=1S/C18H21N3O5S/c1-2-26-17-9-5-3-7-15(17)19-11-13-20(14-12-19)27(24,25)18-10-6-4-8-16(18)21(22)23/h3-10H,2,11-14H2,1H3. The van der Waals surface area contributed by atoms with Gasteiger partial charge in [-0.3, -0.25) is 10.1 Å². The van der Waals surface area contributed by atoms with Crippen molar-refractivity contribution in [3.8, 4) is 5.75 Å². The van der Waals surface area contributed by atoms with Gasteiger partial charge in [0, 0.05) is 32.2 Å². The molecule has 1 fully saturated rings. The molecule has 0 aliphatic carbocycles. The van der Waals surface area contributed by atoms with E-state index in [2.05, 4.69) is 4.90 Å². The molecule has 0 amide bonds. The Morgan fingerprint density at radius 2 is 1.67 bits per heavy atom. The molecule has 0 saturated carbocycles. The smallest absolute Gasteiger partial charge is 0.289 e. The van der Waals surface area contributed by atoms with Crippen LogP contribution in [0.2, 0.25) is 0 Å². The van der Waals surface area contributed by atoms with Gasteiger partial charge in [-0.1, -0.05) is 24.3 Å². The van der Waals surface area contributed by atoms with Gasteiger partial charge in [0.1, 0.15) is 5.75 Å². The number of anilines is 1. The molecule has 0 aromatic heterocycles. The Morgan fingerprint density at radius 3 is 2.33 bits per heavy atom. The second kappa shape index (κ2) is 7.93. The maximum Gasteiger partial charge on any atom is 0.289 e. The van der Waals surface area contributed by atoms with Crippen molar-refractivity contribution in [1.82, 2.24) is 4.31 Å². The van der Waals surface area contributed by atoms with Crippen LogP contribution in [-0.2, 0) is 10.0 Å². The van der Waals surface area contributed by atoms with Crippen molar-refractivity contribution in [2.45, 2.75) is 11.8 Å². The number of nitrogens with zero attached hydrogens (tertiary/aromatic N) is 3. The predicted octanol–water partition coefficient (Wildman–Crippen LogP) is 2.50. The SMILES string of the molecule is CCOc1ccccc1N1CCN(S(=O)(=O)c2ccccc2[N+](=O)[O-])CC1. The molecule has 8 nitrogen and oxygen atoms in total. The summed E-state index contributed by atoms with van der Waals surface area (Å²) in [6.07, 6.45) is 0. The van der Waals surface area contributed by atoms with Gasteiger partial charge in [0.2, 0.25) is 10.0 Å². The number of hydrogen-bond donors (Lipinski definition) is 0. The van der Waals surface area contributed by atoms with E-state index in [-0.39, 0.29) is 18.0 Å². The molecule has 1 aliphatic rings. The molecule has 27 heavy (non-hydrogen) atoms. The summed E-state index contributed by atoms with van der Waals surface area (Å²) in [5.41, 5.74) is 0.517. The fraction of sp³-hybridized carbons (Fsp3) is 0.333. The molecular formula is C18H21N3O5S. The van der Waals surface area contributed by atoms with Crippen LogP contribution in [0, 0.1) is 10.1 Å². The zero-order valence-corrected chi connectivity index (χ0v) is 15.8. The van der Waals surface area contributed by atoms with E-state index < -0.39 is 20.6 Å². The summed E-state index contributed by atoms with van der Waals surface area (Å²) in [7, 11) is -3.93. The molecule has 0 bridgehead atoms. The molecule has 3 rings (SSSR count). The maximum absolute atomic E-state index is 12.9. The quantitative estimate of drug-likeness (QED) is 0.555. The molecule has 1 heterocycles. The number of para-hydroxylation sites is 3. The van der Waals surface area contributed by atoms with Gasteiger partial charge in [-0.05, 0) is 25.1 Å². The van der Waals surface area contributed by atoms with Crippen LogP contribution >= 0.6 is 0 Å². The lowest BCUT2D eigenvalue weighted by Gasteiger charge is -2.35. The van der Waals surface area contributed by atoms with E-state index in [0.717, 1.165) is 11.4 Å². The zero-order valence-electron chi connectivity index (χ0n) is 14.9. The van der Waals surface area contributed by atoms with Crippen LogP contribution < -0.4 is 9.64 Å². The predicted molar refractivity (Wildman–Crippen MR) is 102 cm³/mol. The fourth-order valence-corrected chi connectivity index (χ4v) is 4.71. The van der Waals surface area contributed by atoms with E-state index in [0.29, 0.717) is 19.7 Å². The van der Waals surface area contributed by atoms with Crippen LogP contribution in [0.4, 0.5) is 11.4 Å². The van der Waals surface area contributed by atoms with Crippen LogP contribution in [0.25, 0.3) is 0 Å². The third-order valence-corrected chi connectivity index (χ3v) is 6.37. The average molecular weight is 391 g/mol. The average Bonchev–Trinajstić information content (AvgIpc) is 2.69. The molecule has 1 saturated heterocycles. The highest BCUT2D eigenvalue weighted by Crippen LogP contribution is 2.31. The highest BCUT2D eigenvalue weighted by molar-refractivity contribution is 7.89. The number of hydrogen-bond acceptors (Lipinski definition) is 6. The lowest BCUT2D eigenvalue weighted by Crippen LogP contribution is -2.48. The Hall–Kier alpha value is -2.65. The summed E-state index contributed by atoms with van der Waals surface area (Å²) < 4.78 is 32.8. The molecule has 0 N–H and O–H groups in total. The Kier molecular flexibility index (Phi) is 5.62. The first-order chi connectivity index (χ1) is 12.9. The van der Waals surface area contributed by atoms with E-state index >= 15 is 0 Å². The summed E-state index contributed by atoms with van der Waals surface area (Å²) in [4.78, 5) is 12.3. The van der Waals surface area contributed by atoms with Gasteiger partial charge >= 0.3 is 0 Å². The Morgan fingerprint density at radius 1 is 1.04 bits per heavy atom. The van der Waals surface area contributed by atoms with Gasteiger partial charge < -0.3 is 9.64 Å². The fourth-order valence-electron chi connectivity index (χ4n) is 3.13. The van der Waals surface area contributed by atoms with Gasteiger partial charge in [0.25, 0.3) is 5.69 Å². The second-order valence-corrected chi connectivity index (χ2v) is 7.92. The van der Waals surface area contributed by atoms with Crippen molar-refractivity contribution in [3.63, 3.8) is 0 Å². The highest BCUT2D eigenvalue weighted by atomic mass is 32.2. The summed E-state index contributed by atoms with van der Waals surface area (Å²) in [5, 5.41) is 11.2. The number of nitro groups is 1. The Balaban J connectivity index is 1.79. The first-order valence-corrected chi connectivity index (χ1v) is 10.1. The topological polar surface area (TPSA) is 93.0 Å². The maximum atomic E-state index is 12.9. The third kappa shape index (κ3) is 3.88. The van der Waals surface area contributed by atoms with Gasteiger partial charge in [-0.25, -0.2) is 8.42 Å². The molecule has 2 aromatic rings. The van der Waals surface area contributed by atoms with Gasteiger partial charge in [-0.2, -0.15) is 4.31 Å². The first-order valence-electron chi connectivity index (χ1n) is 8.65. The van der Waals surface area contributed by atoms with Crippen molar-refractivity contribution >= 4 is 21.4 Å². The van der Waals surface area contributed by atoms with Crippen molar-refractivity contribution in [1.29, 1.82) is 0 Å². The minimum Gasteiger partial charge on any atom is -0.492 e. The van der Waals surface area contributed by atoms with Crippen molar-refractivity contribution in [2.75, 3.05) is 37.7 Å². The number of ether oxygens (including phenoxy) is 1. The lowest BCUT2D eigenvalue weighted by atomic mass is 10.2. The van der Waals surface area contributed by atoms with Crippen LogP contribution in [0.1, 0.15) is 6.92 Å². The van der Waals surface area contributed by atoms with E-state index in [4.69, 9.17) is 4.74 Å². The van der Waals surface area contributed by atoms with Crippen molar-refractivity contribution < 1.29 is 18.1 Å². The number of piperazine rings is 1. The number of benzene rings is 2. The number of rotatable bonds is 6. The summed E-state index contributed by atoms with van der Waals surface area (Å²) >= 11 is 0. The molecule has 0 unspecified atom stereocenters. The summed E-state index contributed by atoms with van der Waals surface area (Å²) in [6, 6.07) is 13.1. The van der Waals surface area contributed by atoms with Gasteiger partial charge in [0.05, 0.1) is 17.2 Å². The number of nitro benzene ring substituents is 1. The van der Waals surface area contributed by atoms with Crippen LogP contribution in [0.15, 0.2) is 53.4 Å². The zero-order chi connectivity index (χ0) is 19.4. The Bertz CT molecular complexity index is 924. The van der Waals surface area contributed by atoms with E-state index in [1.54, 1.807) is 0 Å². The van der Waals surface area contributed by atoms with E-state index in [1.807, 2.05) is 31.2 Å². The summed E-state index contributed by atoms with van der Waals surface area (Å²) in [6.45, 7) is 3.90. The lowest BCUT2D eigenvalue weighted by molar-refractivity contribution is -0.387. The van der Waals surface area contributed by atoms with Gasteiger partial charge in [0.15, 0.2) is 4.90 Å². The highest BCUT2D eigenvalue weighted by Gasteiger charge is 2.33. The molecular weight excluding hydrogens is 370 g/mol. The molecule has 0 radical (unpaired) electrons. The van der Waals surface area contributed by atoms with Gasteiger partial charge in [-0.15, -0.1) is 0 Å².